The maximum absolute atomic E-state index is 12.5. The number of carbonyl (C=O) groups excluding carboxylic acids is 3. The van der Waals surface area contributed by atoms with E-state index in [0.29, 0.717) is 38.2 Å². The Bertz CT molecular complexity index is 913. The fourth-order valence-electron chi connectivity index (χ4n) is 4.20. The van der Waals surface area contributed by atoms with Gasteiger partial charge in [-0.15, -0.1) is 0 Å². The largest absolute Gasteiger partial charge is 0.469 e. The highest BCUT2D eigenvalue weighted by Crippen LogP contribution is 2.31. The third-order valence-electron chi connectivity index (χ3n) is 6.01. The summed E-state index contributed by atoms with van der Waals surface area (Å²) in [4.78, 5) is 45.9. The van der Waals surface area contributed by atoms with Gasteiger partial charge >= 0.3 is 0 Å². The molecule has 1 aromatic heterocycles. The van der Waals surface area contributed by atoms with Crippen LogP contribution < -0.4 is 0 Å². The van der Waals surface area contributed by atoms with Gasteiger partial charge < -0.3 is 9.32 Å². The van der Waals surface area contributed by atoms with Gasteiger partial charge in [0, 0.05) is 63.3 Å². The van der Waals surface area contributed by atoms with E-state index in [4.69, 9.17) is 4.42 Å². The Balaban J connectivity index is 1.20. The molecule has 2 heterocycles. The van der Waals surface area contributed by atoms with Gasteiger partial charge in [0.2, 0.25) is 0 Å². The van der Waals surface area contributed by atoms with Crippen molar-refractivity contribution in [1.82, 2.24) is 9.80 Å². The van der Waals surface area contributed by atoms with Crippen LogP contribution in [0.1, 0.15) is 34.9 Å². The Morgan fingerprint density at radius 1 is 1.00 bits per heavy atom. The Morgan fingerprint density at radius 2 is 1.71 bits per heavy atom. The van der Waals surface area contributed by atoms with Gasteiger partial charge in [0.1, 0.15) is 23.2 Å². The first-order valence-electron chi connectivity index (χ1n) is 10.8. The first kappa shape index (κ1) is 21.2. The number of hydrogen-bond donors (Lipinski definition) is 0. The summed E-state index contributed by atoms with van der Waals surface area (Å²) < 4.78 is 5.35. The van der Waals surface area contributed by atoms with Gasteiger partial charge in [0.25, 0.3) is 5.91 Å². The third kappa shape index (κ3) is 5.17. The first-order valence-corrected chi connectivity index (χ1v) is 10.8. The number of rotatable bonds is 6. The smallest absolute Gasteiger partial charge is 0.253 e. The molecule has 162 valence electrons. The Morgan fingerprint density at radius 3 is 2.35 bits per heavy atom. The van der Waals surface area contributed by atoms with E-state index in [-0.39, 0.29) is 23.4 Å². The maximum atomic E-state index is 12.5. The quantitative estimate of drug-likeness (QED) is 0.529. The molecule has 1 aromatic carbocycles. The van der Waals surface area contributed by atoms with Crippen molar-refractivity contribution in [2.24, 2.45) is 10.9 Å². The lowest BCUT2D eigenvalue weighted by atomic mass is 9.79. The number of carbonyl (C=O) groups is 3. The number of ketones is 2. The first-order chi connectivity index (χ1) is 15.1. The highest BCUT2D eigenvalue weighted by Gasteiger charge is 2.36. The molecule has 0 atom stereocenters. The zero-order valence-electron chi connectivity index (χ0n) is 17.5. The third-order valence-corrected chi connectivity index (χ3v) is 6.01. The topological polar surface area (TPSA) is 83.2 Å². The second-order valence-corrected chi connectivity index (χ2v) is 8.09. The molecular formula is C24H27N3O4. The molecule has 0 bridgehead atoms. The van der Waals surface area contributed by atoms with E-state index in [2.05, 4.69) is 9.89 Å². The van der Waals surface area contributed by atoms with Gasteiger partial charge in [-0.05, 0) is 24.3 Å². The highest BCUT2D eigenvalue weighted by atomic mass is 16.3. The van der Waals surface area contributed by atoms with Crippen LogP contribution in [0.4, 0.5) is 0 Å². The zero-order valence-corrected chi connectivity index (χ0v) is 17.5. The molecule has 1 aliphatic heterocycles. The van der Waals surface area contributed by atoms with Gasteiger partial charge in [-0.1, -0.05) is 18.2 Å². The van der Waals surface area contributed by atoms with E-state index in [1.54, 1.807) is 12.3 Å². The lowest BCUT2D eigenvalue weighted by Gasteiger charge is -2.34. The molecule has 7 heteroatoms. The predicted molar refractivity (Wildman–Crippen MR) is 116 cm³/mol. The molecule has 2 fully saturated rings. The zero-order chi connectivity index (χ0) is 21.6. The highest BCUT2D eigenvalue weighted by molar-refractivity contribution is 6.16. The van der Waals surface area contributed by atoms with Gasteiger partial charge in [-0.25, -0.2) is 0 Å². The molecule has 2 aromatic rings. The number of piperazine rings is 1. The molecular weight excluding hydrogens is 394 g/mol. The number of nitrogens with zero attached hydrogens (tertiary/aromatic N) is 3. The lowest BCUT2D eigenvalue weighted by molar-refractivity contribution is -0.133. The summed E-state index contributed by atoms with van der Waals surface area (Å²) >= 11 is 0. The van der Waals surface area contributed by atoms with E-state index >= 15 is 0 Å². The van der Waals surface area contributed by atoms with Crippen LogP contribution in [0.5, 0.6) is 0 Å². The summed E-state index contributed by atoms with van der Waals surface area (Å²) in [5.74, 6) is -0.299. The average Bonchev–Trinajstić information content (AvgIpc) is 3.33. The number of furan rings is 1. The normalized spacial score (nSPS) is 22.9. The van der Waals surface area contributed by atoms with E-state index in [1.807, 2.05) is 41.3 Å². The van der Waals surface area contributed by atoms with Crippen molar-refractivity contribution in [2.45, 2.75) is 18.8 Å². The van der Waals surface area contributed by atoms with Crippen LogP contribution in [0.3, 0.4) is 0 Å². The molecule has 0 radical (unpaired) electrons. The number of hydrogen-bond acceptors (Lipinski definition) is 6. The molecule has 0 unspecified atom stereocenters. The molecule has 0 spiro atoms. The summed E-state index contributed by atoms with van der Waals surface area (Å²) in [6.07, 6.45) is 3.72. The summed E-state index contributed by atoms with van der Waals surface area (Å²) in [6, 6.07) is 12.9. The monoisotopic (exact) mass is 421 g/mol. The summed E-state index contributed by atoms with van der Waals surface area (Å²) in [7, 11) is 0. The van der Waals surface area contributed by atoms with Crippen molar-refractivity contribution in [3.8, 4) is 0 Å². The molecule has 7 nitrogen and oxygen atoms in total. The standard InChI is InChI=1S/C24H27N3O4/c28-21-15-19(23-7-4-14-31-23)16-22(29)20(21)17-25-8-9-26-10-12-27(13-11-26)24(30)18-5-2-1-3-6-18/h1-7,14,17,19-20H,8-13,15-16H2. The van der Waals surface area contributed by atoms with Crippen molar-refractivity contribution in [3.05, 3.63) is 60.1 Å². The second-order valence-electron chi connectivity index (χ2n) is 8.09. The molecule has 4 rings (SSSR count). The molecule has 1 saturated carbocycles. The Kier molecular flexibility index (Phi) is 6.72. The van der Waals surface area contributed by atoms with Gasteiger partial charge in [0.05, 0.1) is 12.8 Å². The molecule has 2 aliphatic rings. The van der Waals surface area contributed by atoms with Crippen molar-refractivity contribution in [3.63, 3.8) is 0 Å². The van der Waals surface area contributed by atoms with Crippen LogP contribution in [0.2, 0.25) is 0 Å². The second kappa shape index (κ2) is 9.83. The lowest BCUT2D eigenvalue weighted by Crippen LogP contribution is -2.49. The van der Waals surface area contributed by atoms with Crippen LogP contribution in [-0.4, -0.2) is 72.8 Å². The van der Waals surface area contributed by atoms with E-state index in [1.165, 1.54) is 6.21 Å². The maximum Gasteiger partial charge on any atom is 0.253 e. The molecule has 1 amide bonds. The Labute approximate surface area is 181 Å². The van der Waals surface area contributed by atoms with Crippen LogP contribution >= 0.6 is 0 Å². The number of aliphatic imine (C=N–C) groups is 1. The van der Waals surface area contributed by atoms with Crippen molar-refractivity contribution in [2.75, 3.05) is 39.3 Å². The van der Waals surface area contributed by atoms with Crippen molar-refractivity contribution in [1.29, 1.82) is 0 Å². The van der Waals surface area contributed by atoms with Crippen molar-refractivity contribution >= 4 is 23.7 Å². The van der Waals surface area contributed by atoms with Crippen LogP contribution in [-0.2, 0) is 9.59 Å². The van der Waals surface area contributed by atoms with E-state index in [9.17, 15) is 14.4 Å². The van der Waals surface area contributed by atoms with Crippen LogP contribution in [0, 0.1) is 5.92 Å². The number of Topliss-reactive ketones (excluding diaryl/α,β-unsaturated/α-hetero) is 2. The van der Waals surface area contributed by atoms with Gasteiger partial charge in [-0.2, -0.15) is 0 Å². The molecule has 1 saturated heterocycles. The summed E-state index contributed by atoms with van der Waals surface area (Å²) in [5, 5.41) is 0. The Hall–Kier alpha value is -3.06. The predicted octanol–water partition coefficient (Wildman–Crippen LogP) is 2.44. The van der Waals surface area contributed by atoms with Crippen LogP contribution in [0.15, 0.2) is 58.1 Å². The van der Waals surface area contributed by atoms with Crippen LogP contribution in [0.25, 0.3) is 0 Å². The van der Waals surface area contributed by atoms with Gasteiger partial charge in [0.15, 0.2) is 0 Å². The van der Waals surface area contributed by atoms with E-state index in [0.717, 1.165) is 25.2 Å². The minimum Gasteiger partial charge on any atom is -0.469 e. The summed E-state index contributed by atoms with van der Waals surface area (Å²) in [6.45, 7) is 4.23. The summed E-state index contributed by atoms with van der Waals surface area (Å²) in [5.41, 5.74) is 0.719. The molecule has 31 heavy (non-hydrogen) atoms. The average molecular weight is 421 g/mol. The van der Waals surface area contributed by atoms with Crippen molar-refractivity contribution < 1.29 is 18.8 Å². The molecule has 0 N–H and O–H groups in total. The van der Waals surface area contributed by atoms with Gasteiger partial charge in [-0.3, -0.25) is 24.3 Å². The fourth-order valence-corrected chi connectivity index (χ4v) is 4.20. The minimum atomic E-state index is -0.730. The molecule has 1 aliphatic carbocycles. The number of amides is 1. The number of benzene rings is 1. The van der Waals surface area contributed by atoms with E-state index < -0.39 is 5.92 Å². The SMILES string of the molecule is O=C1CC(c2ccco2)CC(=O)C1C=NCCN1CCN(C(=O)c2ccccc2)CC1. The fraction of sp³-hybridized carbons (Fsp3) is 0.417. The minimum absolute atomic E-state index is 0.0699.